The van der Waals surface area contributed by atoms with E-state index in [9.17, 15) is 0 Å². The van der Waals surface area contributed by atoms with E-state index in [-0.39, 0.29) is 0 Å². The number of fused-ring (bicyclic) bond motifs is 15. The fourth-order valence-corrected chi connectivity index (χ4v) is 6.97. The van der Waals surface area contributed by atoms with Gasteiger partial charge in [-0.1, -0.05) is 0 Å². The molecule has 2 heteroatoms. The van der Waals surface area contributed by atoms with Gasteiger partial charge in [-0.15, -0.1) is 0 Å². The Hall–Kier alpha value is -0.0800. The summed E-state index contributed by atoms with van der Waals surface area (Å²) in [5, 5.41) is 0. The first kappa shape index (κ1) is 6.61. The molecule has 0 N–H and O–H groups in total. The van der Waals surface area contributed by atoms with Gasteiger partial charge in [0.1, 0.15) is 0 Å². The molecule has 7 aliphatic rings. The van der Waals surface area contributed by atoms with Crippen LogP contribution in [0.2, 0.25) is 0 Å². The SMILES string of the molecule is C1C2OC2C2C1C1C2C2C3C4OC4C3C12. The van der Waals surface area contributed by atoms with Crippen LogP contribution >= 0.6 is 0 Å². The summed E-state index contributed by atoms with van der Waals surface area (Å²) in [6.07, 6.45) is 4.36. The fourth-order valence-electron chi connectivity index (χ4n) is 6.97. The van der Waals surface area contributed by atoms with Crippen LogP contribution in [0.1, 0.15) is 6.42 Å². The van der Waals surface area contributed by atoms with E-state index < -0.39 is 0 Å². The molecular formula is C13H14O2. The summed E-state index contributed by atoms with van der Waals surface area (Å²) in [6, 6.07) is 0. The molecule has 0 aromatic rings. The van der Waals surface area contributed by atoms with Crippen LogP contribution in [0.4, 0.5) is 0 Å². The molecule has 0 aromatic heterocycles. The van der Waals surface area contributed by atoms with Gasteiger partial charge in [0, 0.05) is 0 Å². The summed E-state index contributed by atoms with van der Waals surface area (Å²) in [5.74, 6) is 8.65. The number of hydrogen-bond donors (Lipinski definition) is 0. The molecule has 5 aliphatic carbocycles. The second-order valence-corrected chi connectivity index (χ2v) is 7.15. The van der Waals surface area contributed by atoms with Gasteiger partial charge in [-0.2, -0.15) is 0 Å². The van der Waals surface area contributed by atoms with Gasteiger partial charge in [-0.25, -0.2) is 0 Å². The third kappa shape index (κ3) is 0.429. The van der Waals surface area contributed by atoms with Crippen LogP contribution in [0.3, 0.4) is 0 Å². The molecule has 2 nitrogen and oxygen atoms in total. The van der Waals surface area contributed by atoms with Crippen LogP contribution in [0.5, 0.6) is 0 Å². The minimum absolute atomic E-state index is 0.716. The Labute approximate surface area is 88.3 Å². The molecule has 0 bridgehead atoms. The van der Waals surface area contributed by atoms with Crippen molar-refractivity contribution in [2.75, 3.05) is 0 Å². The molecule has 5 saturated carbocycles. The van der Waals surface area contributed by atoms with Gasteiger partial charge in [-0.05, 0) is 53.8 Å². The average Bonchev–Trinajstić information content (AvgIpc) is 3.05. The van der Waals surface area contributed by atoms with E-state index in [4.69, 9.17) is 9.47 Å². The highest BCUT2D eigenvalue weighted by Crippen LogP contribution is 2.86. The largest absolute Gasteiger partial charge is 0.369 e. The number of hydrogen-bond acceptors (Lipinski definition) is 2. The highest BCUT2D eigenvalue weighted by molar-refractivity contribution is 5.34. The second-order valence-electron chi connectivity index (χ2n) is 7.15. The number of epoxide rings is 2. The van der Waals surface area contributed by atoms with Crippen LogP contribution in [0, 0.1) is 47.3 Å². The van der Waals surface area contributed by atoms with Crippen LogP contribution in [-0.2, 0) is 9.47 Å². The van der Waals surface area contributed by atoms with E-state index in [1.807, 2.05) is 0 Å². The first-order valence-corrected chi connectivity index (χ1v) is 6.76. The van der Waals surface area contributed by atoms with E-state index in [2.05, 4.69) is 0 Å². The van der Waals surface area contributed by atoms with E-state index in [0.717, 1.165) is 65.7 Å². The first-order valence-electron chi connectivity index (χ1n) is 6.76. The Kier molecular flexibility index (Phi) is 0.676. The molecule has 0 radical (unpaired) electrons. The van der Waals surface area contributed by atoms with Gasteiger partial charge in [0.05, 0.1) is 24.4 Å². The predicted molar refractivity (Wildman–Crippen MR) is 49.9 cm³/mol. The van der Waals surface area contributed by atoms with Crippen molar-refractivity contribution in [3.63, 3.8) is 0 Å². The van der Waals surface area contributed by atoms with Crippen molar-refractivity contribution in [2.24, 2.45) is 47.3 Å². The molecule has 0 aromatic carbocycles. The van der Waals surface area contributed by atoms with Crippen molar-refractivity contribution in [3.05, 3.63) is 0 Å². The highest BCUT2D eigenvalue weighted by Gasteiger charge is 2.88. The van der Waals surface area contributed by atoms with Gasteiger partial charge in [-0.3, -0.25) is 0 Å². The third-order valence-corrected chi connectivity index (χ3v) is 7.37. The average molecular weight is 202 g/mol. The molecule has 7 rings (SSSR count). The molecule has 12 atom stereocenters. The molecule has 2 saturated heterocycles. The standard InChI is InChI=1S/C13H14O2/c1-2-4-6(5(2)11-3(1)14-11)8-7(4)9-10(8)13-12(9)15-13/h2-13H,1H2. The maximum atomic E-state index is 5.75. The van der Waals surface area contributed by atoms with Crippen molar-refractivity contribution in [1.82, 2.24) is 0 Å². The molecule has 12 unspecified atom stereocenters. The van der Waals surface area contributed by atoms with Crippen LogP contribution in [-0.4, -0.2) is 24.4 Å². The van der Waals surface area contributed by atoms with Crippen LogP contribution in [0.15, 0.2) is 0 Å². The molecule has 0 spiro atoms. The van der Waals surface area contributed by atoms with Crippen molar-refractivity contribution in [3.8, 4) is 0 Å². The molecule has 78 valence electrons. The van der Waals surface area contributed by atoms with Crippen LogP contribution in [0.25, 0.3) is 0 Å². The lowest BCUT2D eigenvalue weighted by atomic mass is 9.24. The Bertz CT molecular complexity index is 415. The Balaban J connectivity index is 1.33. The van der Waals surface area contributed by atoms with E-state index >= 15 is 0 Å². The zero-order chi connectivity index (χ0) is 9.05. The van der Waals surface area contributed by atoms with Gasteiger partial charge >= 0.3 is 0 Å². The maximum absolute atomic E-state index is 5.75. The molecule has 0 amide bonds. The van der Waals surface area contributed by atoms with E-state index in [1.54, 1.807) is 0 Å². The lowest BCUT2D eigenvalue weighted by Crippen LogP contribution is -2.79. The monoisotopic (exact) mass is 202 g/mol. The summed E-state index contributed by atoms with van der Waals surface area (Å²) in [7, 11) is 0. The van der Waals surface area contributed by atoms with Crippen molar-refractivity contribution in [1.29, 1.82) is 0 Å². The smallest absolute Gasteiger partial charge is 0.0879 e. The van der Waals surface area contributed by atoms with Gasteiger partial charge in [0.25, 0.3) is 0 Å². The molecule has 15 heavy (non-hydrogen) atoms. The maximum Gasteiger partial charge on any atom is 0.0879 e. The Morgan fingerprint density at radius 2 is 1.33 bits per heavy atom. The molecule has 2 heterocycles. The Morgan fingerprint density at radius 1 is 0.600 bits per heavy atom. The van der Waals surface area contributed by atoms with Gasteiger partial charge in [0.15, 0.2) is 0 Å². The quantitative estimate of drug-likeness (QED) is 0.431. The highest BCUT2D eigenvalue weighted by atomic mass is 16.6. The summed E-state index contributed by atoms with van der Waals surface area (Å²) in [4.78, 5) is 0. The predicted octanol–water partition coefficient (Wildman–Crippen LogP) is 0.909. The minimum atomic E-state index is 0.716. The molecular weight excluding hydrogens is 188 g/mol. The normalized spacial score (nSPS) is 91.2. The van der Waals surface area contributed by atoms with Gasteiger partial charge < -0.3 is 9.47 Å². The van der Waals surface area contributed by atoms with Crippen molar-refractivity contribution < 1.29 is 9.47 Å². The van der Waals surface area contributed by atoms with E-state index in [1.165, 1.54) is 6.42 Å². The first-order chi connectivity index (χ1) is 7.45. The molecule has 2 aliphatic heterocycles. The summed E-state index contributed by atoms with van der Waals surface area (Å²) in [6.45, 7) is 0. The second kappa shape index (κ2) is 1.53. The van der Waals surface area contributed by atoms with Crippen molar-refractivity contribution in [2.45, 2.75) is 30.8 Å². The Morgan fingerprint density at radius 3 is 2.20 bits per heavy atom. The topological polar surface area (TPSA) is 25.1 Å². The summed E-state index contributed by atoms with van der Waals surface area (Å²) >= 11 is 0. The summed E-state index contributed by atoms with van der Waals surface area (Å²) in [5.41, 5.74) is 0. The number of rotatable bonds is 0. The zero-order valence-corrected chi connectivity index (χ0v) is 8.45. The van der Waals surface area contributed by atoms with E-state index in [0.29, 0.717) is 6.10 Å². The summed E-state index contributed by atoms with van der Waals surface area (Å²) < 4.78 is 11.5. The lowest BCUT2D eigenvalue weighted by Gasteiger charge is -2.79. The minimum Gasteiger partial charge on any atom is -0.369 e. The third-order valence-electron chi connectivity index (χ3n) is 7.37. The lowest BCUT2D eigenvalue weighted by molar-refractivity contribution is -0.326. The fraction of sp³-hybridized carbons (Fsp3) is 1.00. The van der Waals surface area contributed by atoms with Crippen LogP contribution < -0.4 is 0 Å². The zero-order valence-electron chi connectivity index (χ0n) is 8.45. The van der Waals surface area contributed by atoms with Gasteiger partial charge in [0.2, 0.25) is 0 Å². The molecule has 7 fully saturated rings. The van der Waals surface area contributed by atoms with Crippen molar-refractivity contribution >= 4 is 0 Å². The number of ether oxygens (including phenoxy) is 2.